The van der Waals surface area contributed by atoms with Gasteiger partial charge in [-0.3, -0.25) is 0 Å². The molecule has 3 rings (SSSR count). The van der Waals surface area contributed by atoms with E-state index in [1.54, 1.807) is 0 Å². The van der Waals surface area contributed by atoms with Crippen LogP contribution < -0.4 is 5.73 Å². The molecule has 4 nitrogen and oxygen atoms in total. The fourth-order valence-corrected chi connectivity index (χ4v) is 2.40. The summed E-state index contributed by atoms with van der Waals surface area (Å²) in [5.41, 5.74) is 6.79. The van der Waals surface area contributed by atoms with Gasteiger partial charge in [-0.15, -0.1) is 10.2 Å². The number of hydrogen-bond acceptors (Lipinski definition) is 3. The van der Waals surface area contributed by atoms with E-state index in [2.05, 4.69) is 36.8 Å². The molecule has 17 heavy (non-hydrogen) atoms. The van der Waals surface area contributed by atoms with Crippen molar-refractivity contribution in [2.45, 2.75) is 25.4 Å². The van der Waals surface area contributed by atoms with E-state index in [9.17, 15) is 0 Å². The summed E-state index contributed by atoms with van der Waals surface area (Å²) in [5, 5.41) is 8.45. The summed E-state index contributed by atoms with van der Waals surface area (Å²) in [7, 11) is 0. The van der Waals surface area contributed by atoms with Crippen LogP contribution in [0.4, 0.5) is 0 Å². The van der Waals surface area contributed by atoms with E-state index in [4.69, 9.17) is 5.73 Å². The van der Waals surface area contributed by atoms with E-state index >= 15 is 0 Å². The molecule has 1 saturated carbocycles. The van der Waals surface area contributed by atoms with Gasteiger partial charge in [0.1, 0.15) is 5.82 Å². The lowest BCUT2D eigenvalue weighted by Gasteiger charge is -2.07. The number of aromatic nitrogens is 3. The lowest BCUT2D eigenvalue weighted by molar-refractivity contribution is 0.688. The van der Waals surface area contributed by atoms with Crippen LogP contribution in [-0.4, -0.2) is 14.8 Å². The molecular formula is C12H13BrN4. The summed E-state index contributed by atoms with van der Waals surface area (Å²) in [6, 6.07) is 8.66. The van der Waals surface area contributed by atoms with Crippen molar-refractivity contribution in [3.8, 4) is 11.4 Å². The van der Waals surface area contributed by atoms with E-state index in [0.717, 1.165) is 21.7 Å². The van der Waals surface area contributed by atoms with Crippen LogP contribution in [0.2, 0.25) is 0 Å². The Balaban J connectivity index is 2.11. The van der Waals surface area contributed by atoms with E-state index in [-0.39, 0.29) is 0 Å². The summed E-state index contributed by atoms with van der Waals surface area (Å²) < 4.78 is 3.23. The molecule has 1 fully saturated rings. The Bertz CT molecular complexity index is 545. The molecule has 0 aliphatic heterocycles. The number of halogens is 1. The average Bonchev–Trinajstić information content (AvgIpc) is 3.08. The third-order valence-corrected chi connectivity index (χ3v) is 3.44. The van der Waals surface area contributed by atoms with Crippen molar-refractivity contribution in [2.24, 2.45) is 5.73 Å². The van der Waals surface area contributed by atoms with Crippen LogP contribution in [-0.2, 0) is 6.54 Å². The first-order chi connectivity index (χ1) is 8.29. The van der Waals surface area contributed by atoms with Crippen LogP contribution in [0.5, 0.6) is 0 Å². The number of rotatable bonds is 3. The SMILES string of the molecule is NCc1nnc(-c2cccc(Br)c2)n1C1CC1. The van der Waals surface area contributed by atoms with Gasteiger partial charge in [-0.05, 0) is 25.0 Å². The molecule has 1 aliphatic rings. The van der Waals surface area contributed by atoms with Crippen LogP contribution in [0.25, 0.3) is 11.4 Å². The van der Waals surface area contributed by atoms with Crippen molar-refractivity contribution in [1.82, 2.24) is 14.8 Å². The van der Waals surface area contributed by atoms with Crippen molar-refractivity contribution in [2.75, 3.05) is 0 Å². The molecule has 0 atom stereocenters. The highest BCUT2D eigenvalue weighted by molar-refractivity contribution is 9.10. The van der Waals surface area contributed by atoms with Crippen molar-refractivity contribution in [3.63, 3.8) is 0 Å². The van der Waals surface area contributed by atoms with Gasteiger partial charge in [0.05, 0.1) is 6.54 Å². The van der Waals surface area contributed by atoms with E-state index in [1.807, 2.05) is 18.2 Å². The van der Waals surface area contributed by atoms with Gasteiger partial charge in [0.25, 0.3) is 0 Å². The lowest BCUT2D eigenvalue weighted by Crippen LogP contribution is -2.08. The molecule has 1 heterocycles. The standard InChI is InChI=1S/C12H13BrN4/c13-9-3-1-2-8(6-9)12-16-15-11(7-14)17(12)10-4-5-10/h1-3,6,10H,4-5,7,14H2. The number of benzene rings is 1. The zero-order valence-electron chi connectivity index (χ0n) is 9.31. The molecule has 0 unspecified atom stereocenters. The van der Waals surface area contributed by atoms with Crippen molar-refractivity contribution in [3.05, 3.63) is 34.6 Å². The van der Waals surface area contributed by atoms with Gasteiger partial charge in [0.15, 0.2) is 5.82 Å². The summed E-state index contributed by atoms with van der Waals surface area (Å²) in [6.45, 7) is 0.442. The Morgan fingerprint density at radius 2 is 2.18 bits per heavy atom. The quantitative estimate of drug-likeness (QED) is 0.946. The molecule has 2 aromatic rings. The molecule has 0 radical (unpaired) electrons. The molecule has 0 saturated heterocycles. The van der Waals surface area contributed by atoms with Gasteiger partial charge >= 0.3 is 0 Å². The minimum Gasteiger partial charge on any atom is -0.324 e. The fourth-order valence-electron chi connectivity index (χ4n) is 2.00. The van der Waals surface area contributed by atoms with Gasteiger partial charge in [-0.2, -0.15) is 0 Å². The first-order valence-corrected chi connectivity index (χ1v) is 6.48. The van der Waals surface area contributed by atoms with Gasteiger partial charge in [0.2, 0.25) is 0 Å². The van der Waals surface area contributed by atoms with E-state index < -0.39 is 0 Å². The maximum absolute atomic E-state index is 5.70. The molecule has 1 aromatic carbocycles. The third-order valence-electron chi connectivity index (χ3n) is 2.94. The molecule has 2 N–H and O–H groups in total. The van der Waals surface area contributed by atoms with Crippen molar-refractivity contribution in [1.29, 1.82) is 0 Å². The first kappa shape index (κ1) is 10.9. The van der Waals surface area contributed by atoms with E-state index in [0.29, 0.717) is 12.6 Å². The molecule has 88 valence electrons. The summed E-state index contributed by atoms with van der Waals surface area (Å²) in [5.74, 6) is 1.80. The zero-order chi connectivity index (χ0) is 11.8. The normalized spacial score (nSPS) is 15.2. The Hall–Kier alpha value is -1.20. The average molecular weight is 293 g/mol. The summed E-state index contributed by atoms with van der Waals surface area (Å²) in [6.07, 6.45) is 2.40. The number of nitrogens with two attached hydrogens (primary N) is 1. The largest absolute Gasteiger partial charge is 0.324 e. The monoisotopic (exact) mass is 292 g/mol. The minimum atomic E-state index is 0.442. The van der Waals surface area contributed by atoms with Crippen LogP contribution in [0.3, 0.4) is 0 Å². The van der Waals surface area contributed by atoms with Gasteiger partial charge < -0.3 is 10.3 Å². The van der Waals surface area contributed by atoms with Crippen LogP contribution >= 0.6 is 15.9 Å². The van der Waals surface area contributed by atoms with E-state index in [1.165, 1.54) is 12.8 Å². The summed E-state index contributed by atoms with van der Waals surface area (Å²) in [4.78, 5) is 0. The Kier molecular flexibility index (Phi) is 2.72. The second-order valence-corrected chi connectivity index (χ2v) is 5.17. The highest BCUT2D eigenvalue weighted by Crippen LogP contribution is 2.39. The Morgan fingerprint density at radius 3 is 2.82 bits per heavy atom. The van der Waals surface area contributed by atoms with Gasteiger partial charge in [0, 0.05) is 16.1 Å². The maximum Gasteiger partial charge on any atom is 0.164 e. The zero-order valence-corrected chi connectivity index (χ0v) is 10.9. The molecule has 1 aliphatic carbocycles. The predicted octanol–water partition coefficient (Wildman–Crippen LogP) is 2.50. The first-order valence-electron chi connectivity index (χ1n) is 5.69. The second kappa shape index (κ2) is 4.23. The maximum atomic E-state index is 5.70. The highest BCUT2D eigenvalue weighted by Gasteiger charge is 2.29. The van der Waals surface area contributed by atoms with Gasteiger partial charge in [-0.25, -0.2) is 0 Å². The fraction of sp³-hybridized carbons (Fsp3) is 0.333. The van der Waals surface area contributed by atoms with Crippen LogP contribution in [0.1, 0.15) is 24.7 Å². The smallest absolute Gasteiger partial charge is 0.164 e. The van der Waals surface area contributed by atoms with Crippen molar-refractivity contribution < 1.29 is 0 Å². The number of hydrogen-bond donors (Lipinski definition) is 1. The topological polar surface area (TPSA) is 56.7 Å². The molecular weight excluding hydrogens is 280 g/mol. The summed E-state index contributed by atoms with van der Waals surface area (Å²) >= 11 is 3.48. The Labute approximate surface area is 108 Å². The Morgan fingerprint density at radius 1 is 1.35 bits per heavy atom. The lowest BCUT2D eigenvalue weighted by atomic mass is 10.2. The minimum absolute atomic E-state index is 0.442. The molecule has 5 heteroatoms. The molecule has 0 spiro atoms. The van der Waals surface area contributed by atoms with Crippen LogP contribution in [0.15, 0.2) is 28.7 Å². The molecule has 1 aromatic heterocycles. The predicted molar refractivity (Wildman–Crippen MR) is 69.3 cm³/mol. The highest BCUT2D eigenvalue weighted by atomic mass is 79.9. The van der Waals surface area contributed by atoms with Gasteiger partial charge in [-0.1, -0.05) is 28.1 Å². The van der Waals surface area contributed by atoms with Crippen molar-refractivity contribution >= 4 is 15.9 Å². The molecule has 0 bridgehead atoms. The van der Waals surface area contributed by atoms with Crippen LogP contribution in [0, 0.1) is 0 Å². The third kappa shape index (κ3) is 2.00. The molecule has 0 amide bonds. The number of nitrogens with zero attached hydrogens (tertiary/aromatic N) is 3. The second-order valence-electron chi connectivity index (χ2n) is 4.26.